The first-order valence-corrected chi connectivity index (χ1v) is 9.14. The summed E-state index contributed by atoms with van der Waals surface area (Å²) in [5, 5.41) is 12.1. The molecule has 0 saturated carbocycles. The van der Waals surface area contributed by atoms with Crippen molar-refractivity contribution < 1.29 is 9.21 Å². The minimum absolute atomic E-state index is 0.299. The van der Waals surface area contributed by atoms with Gasteiger partial charge in [-0.25, -0.2) is 0 Å². The van der Waals surface area contributed by atoms with Crippen molar-refractivity contribution in [2.45, 2.75) is 18.2 Å². The van der Waals surface area contributed by atoms with Crippen LogP contribution in [-0.2, 0) is 0 Å². The molecular formula is C14H12BrN3O2S2. The Morgan fingerprint density at radius 3 is 3.05 bits per heavy atom. The number of carbonyl (C=O) groups is 1. The SMILES string of the molecule is CCSc1nnc(NC(=O)c2oc3ccc(Br)cc3c2C)s1. The molecule has 5 nitrogen and oxygen atoms in total. The summed E-state index contributed by atoms with van der Waals surface area (Å²) in [7, 11) is 0. The third-order valence-electron chi connectivity index (χ3n) is 3.00. The molecule has 3 aromatic rings. The maximum atomic E-state index is 12.4. The van der Waals surface area contributed by atoms with Gasteiger partial charge in [-0.2, -0.15) is 0 Å². The summed E-state index contributed by atoms with van der Waals surface area (Å²) < 4.78 is 7.44. The van der Waals surface area contributed by atoms with Gasteiger partial charge in [0, 0.05) is 15.4 Å². The van der Waals surface area contributed by atoms with Crippen LogP contribution >= 0.6 is 39.0 Å². The van der Waals surface area contributed by atoms with Gasteiger partial charge in [-0.15, -0.1) is 10.2 Å². The molecule has 1 N–H and O–H groups in total. The van der Waals surface area contributed by atoms with Crippen LogP contribution in [0.5, 0.6) is 0 Å². The second kappa shape index (κ2) is 6.39. The molecule has 0 aliphatic rings. The zero-order valence-corrected chi connectivity index (χ0v) is 15.1. The van der Waals surface area contributed by atoms with Gasteiger partial charge in [-0.05, 0) is 30.9 Å². The molecule has 0 atom stereocenters. The normalized spacial score (nSPS) is 11.0. The molecule has 114 valence electrons. The number of halogens is 1. The van der Waals surface area contributed by atoms with Crippen LogP contribution in [0.1, 0.15) is 23.0 Å². The lowest BCUT2D eigenvalue weighted by molar-refractivity contribution is 0.0998. The Labute approximate surface area is 143 Å². The fourth-order valence-electron chi connectivity index (χ4n) is 2.01. The highest BCUT2D eigenvalue weighted by atomic mass is 79.9. The van der Waals surface area contributed by atoms with E-state index in [2.05, 4.69) is 31.4 Å². The molecule has 2 aromatic heterocycles. The molecule has 0 aliphatic carbocycles. The van der Waals surface area contributed by atoms with Crippen molar-refractivity contribution in [3.63, 3.8) is 0 Å². The third-order valence-corrected chi connectivity index (χ3v) is 5.35. The first-order valence-electron chi connectivity index (χ1n) is 6.54. The van der Waals surface area contributed by atoms with E-state index in [1.54, 1.807) is 11.8 Å². The highest BCUT2D eigenvalue weighted by Crippen LogP contribution is 2.29. The number of anilines is 1. The minimum atomic E-state index is -0.311. The number of rotatable bonds is 4. The van der Waals surface area contributed by atoms with Gasteiger partial charge in [0.25, 0.3) is 5.91 Å². The lowest BCUT2D eigenvalue weighted by Crippen LogP contribution is -2.11. The van der Waals surface area contributed by atoms with Crippen molar-refractivity contribution in [1.82, 2.24) is 10.2 Å². The molecule has 1 amide bonds. The fraction of sp³-hybridized carbons (Fsp3) is 0.214. The number of aryl methyl sites for hydroxylation is 1. The average Bonchev–Trinajstić information content (AvgIpc) is 3.05. The van der Waals surface area contributed by atoms with Crippen LogP contribution in [0, 0.1) is 6.92 Å². The van der Waals surface area contributed by atoms with E-state index in [1.165, 1.54) is 11.3 Å². The fourth-order valence-corrected chi connectivity index (χ4v) is 4.01. The van der Waals surface area contributed by atoms with Gasteiger partial charge in [0.2, 0.25) is 5.13 Å². The van der Waals surface area contributed by atoms with Gasteiger partial charge in [0.05, 0.1) is 0 Å². The molecule has 1 aromatic carbocycles. The van der Waals surface area contributed by atoms with E-state index >= 15 is 0 Å². The maximum absolute atomic E-state index is 12.4. The molecule has 22 heavy (non-hydrogen) atoms. The van der Waals surface area contributed by atoms with Crippen molar-refractivity contribution >= 4 is 61.0 Å². The van der Waals surface area contributed by atoms with E-state index in [-0.39, 0.29) is 5.91 Å². The zero-order valence-electron chi connectivity index (χ0n) is 11.8. The van der Waals surface area contributed by atoms with Crippen LogP contribution in [0.25, 0.3) is 11.0 Å². The largest absolute Gasteiger partial charge is 0.451 e. The van der Waals surface area contributed by atoms with E-state index in [0.717, 1.165) is 25.5 Å². The van der Waals surface area contributed by atoms with Crippen LogP contribution in [0.4, 0.5) is 5.13 Å². The van der Waals surface area contributed by atoms with Gasteiger partial charge in [-0.1, -0.05) is 46.0 Å². The summed E-state index contributed by atoms with van der Waals surface area (Å²) in [5.41, 5.74) is 1.49. The van der Waals surface area contributed by atoms with Crippen LogP contribution in [0.15, 0.2) is 31.4 Å². The Hall–Kier alpha value is -1.38. The molecule has 3 rings (SSSR count). The number of aromatic nitrogens is 2. The molecule has 0 fully saturated rings. The summed E-state index contributed by atoms with van der Waals surface area (Å²) in [6.45, 7) is 3.91. The maximum Gasteiger partial charge on any atom is 0.293 e. The number of furan rings is 1. The van der Waals surface area contributed by atoms with E-state index in [1.807, 2.05) is 32.0 Å². The van der Waals surface area contributed by atoms with E-state index in [9.17, 15) is 4.79 Å². The zero-order chi connectivity index (χ0) is 15.7. The van der Waals surface area contributed by atoms with Crippen molar-refractivity contribution in [1.29, 1.82) is 0 Å². The Morgan fingerprint density at radius 2 is 2.27 bits per heavy atom. The van der Waals surface area contributed by atoms with Gasteiger partial charge in [0.1, 0.15) is 5.58 Å². The van der Waals surface area contributed by atoms with Gasteiger partial charge < -0.3 is 4.42 Å². The number of amides is 1. The summed E-state index contributed by atoms with van der Waals surface area (Å²) in [5.74, 6) is 0.905. The second-order valence-electron chi connectivity index (χ2n) is 4.46. The molecule has 8 heteroatoms. The topological polar surface area (TPSA) is 68.0 Å². The first-order chi connectivity index (χ1) is 10.6. The van der Waals surface area contributed by atoms with Crippen molar-refractivity contribution in [3.8, 4) is 0 Å². The first kappa shape index (κ1) is 15.5. The predicted molar refractivity (Wildman–Crippen MR) is 92.9 cm³/mol. The number of thioether (sulfide) groups is 1. The third kappa shape index (κ3) is 3.04. The molecule has 2 heterocycles. The van der Waals surface area contributed by atoms with Gasteiger partial charge in [-0.3, -0.25) is 10.1 Å². The Balaban J connectivity index is 1.86. The number of hydrogen-bond donors (Lipinski definition) is 1. The molecular weight excluding hydrogens is 386 g/mol. The number of hydrogen-bond acceptors (Lipinski definition) is 6. The average molecular weight is 398 g/mol. The monoisotopic (exact) mass is 397 g/mol. The lowest BCUT2D eigenvalue weighted by atomic mass is 10.1. The Kier molecular flexibility index (Phi) is 4.51. The summed E-state index contributed by atoms with van der Waals surface area (Å²) >= 11 is 6.37. The Bertz CT molecular complexity index is 844. The molecule has 0 bridgehead atoms. The van der Waals surface area contributed by atoms with Crippen LogP contribution < -0.4 is 5.32 Å². The van der Waals surface area contributed by atoms with E-state index < -0.39 is 0 Å². The van der Waals surface area contributed by atoms with Crippen LogP contribution in [-0.4, -0.2) is 21.9 Å². The van der Waals surface area contributed by atoms with Gasteiger partial charge >= 0.3 is 0 Å². The summed E-state index contributed by atoms with van der Waals surface area (Å²) in [6, 6.07) is 5.65. The van der Waals surface area contributed by atoms with Crippen molar-refractivity contribution in [3.05, 3.63) is 34.0 Å². The number of carbonyl (C=O) groups excluding carboxylic acids is 1. The van der Waals surface area contributed by atoms with Crippen molar-refractivity contribution in [2.75, 3.05) is 11.1 Å². The molecule has 0 aliphatic heterocycles. The smallest absolute Gasteiger partial charge is 0.293 e. The minimum Gasteiger partial charge on any atom is -0.451 e. The standard InChI is InChI=1S/C14H12BrN3O2S2/c1-3-21-14-18-17-13(22-14)16-12(19)11-7(2)9-6-8(15)4-5-10(9)20-11/h4-6H,3H2,1-2H3,(H,16,17,19). The second-order valence-corrected chi connectivity index (χ2v) is 7.86. The van der Waals surface area contributed by atoms with E-state index in [4.69, 9.17) is 4.42 Å². The lowest BCUT2D eigenvalue weighted by Gasteiger charge is -1.98. The van der Waals surface area contributed by atoms with Crippen LogP contribution in [0.2, 0.25) is 0 Å². The molecule has 0 unspecified atom stereocenters. The predicted octanol–water partition coefficient (Wildman–Crippen LogP) is 4.72. The summed E-state index contributed by atoms with van der Waals surface area (Å²) in [6.07, 6.45) is 0. The van der Waals surface area contributed by atoms with Crippen molar-refractivity contribution in [2.24, 2.45) is 0 Å². The number of benzene rings is 1. The summed E-state index contributed by atoms with van der Waals surface area (Å²) in [4.78, 5) is 12.4. The van der Waals surface area contributed by atoms with Gasteiger partial charge in [0.15, 0.2) is 10.1 Å². The number of nitrogens with zero attached hydrogens (tertiary/aromatic N) is 2. The quantitative estimate of drug-likeness (QED) is 0.509. The molecule has 0 saturated heterocycles. The molecule has 0 spiro atoms. The Morgan fingerprint density at radius 1 is 1.45 bits per heavy atom. The highest BCUT2D eigenvalue weighted by molar-refractivity contribution is 9.10. The van der Waals surface area contributed by atoms with Crippen LogP contribution in [0.3, 0.4) is 0 Å². The highest BCUT2D eigenvalue weighted by Gasteiger charge is 2.19. The number of fused-ring (bicyclic) bond motifs is 1. The molecule has 0 radical (unpaired) electrons. The number of nitrogens with one attached hydrogen (secondary N) is 1. The van der Waals surface area contributed by atoms with E-state index in [0.29, 0.717) is 16.5 Å².